The van der Waals surface area contributed by atoms with Crippen molar-refractivity contribution in [3.8, 4) is 5.75 Å². The summed E-state index contributed by atoms with van der Waals surface area (Å²) in [4.78, 5) is 14.1. The Labute approximate surface area is 95.8 Å². The van der Waals surface area contributed by atoms with Crippen molar-refractivity contribution in [2.75, 3.05) is 7.11 Å². The van der Waals surface area contributed by atoms with Gasteiger partial charge in [-0.15, -0.1) is 0 Å². The summed E-state index contributed by atoms with van der Waals surface area (Å²) in [5.74, 6) is 0.630. The van der Waals surface area contributed by atoms with Crippen LogP contribution in [0.15, 0.2) is 24.4 Å². The fourth-order valence-electron chi connectivity index (χ4n) is 1.38. The molecule has 0 spiro atoms. The first-order valence-corrected chi connectivity index (χ1v) is 4.78. The predicted molar refractivity (Wildman–Crippen MR) is 60.0 cm³/mol. The molecule has 0 aliphatic heterocycles. The molecule has 0 amide bonds. The van der Waals surface area contributed by atoms with Crippen LogP contribution in [0.2, 0.25) is 5.02 Å². The van der Waals surface area contributed by atoms with Gasteiger partial charge in [0.1, 0.15) is 17.0 Å². The van der Waals surface area contributed by atoms with Gasteiger partial charge in [-0.3, -0.25) is 10.1 Å². The van der Waals surface area contributed by atoms with E-state index in [1.54, 1.807) is 18.2 Å². The molecule has 0 N–H and O–H groups in total. The molecule has 1 aromatic carbocycles. The number of ether oxygens (including phenoxy) is 1. The van der Waals surface area contributed by atoms with E-state index < -0.39 is 4.92 Å². The molecule has 16 heavy (non-hydrogen) atoms. The quantitative estimate of drug-likeness (QED) is 0.596. The number of nitrogens with zero attached hydrogens (tertiary/aromatic N) is 2. The van der Waals surface area contributed by atoms with Crippen LogP contribution in [0.5, 0.6) is 5.75 Å². The highest BCUT2D eigenvalue weighted by atomic mass is 35.5. The molecule has 0 saturated carbocycles. The summed E-state index contributed by atoms with van der Waals surface area (Å²) in [5.41, 5.74) is 0.370. The fourth-order valence-corrected chi connectivity index (χ4v) is 1.66. The molecule has 1 heterocycles. The highest BCUT2D eigenvalue weighted by molar-refractivity contribution is 6.37. The SMILES string of the molecule is COc1ccc2c(Cl)c([N+](=O)[O-])cnc2c1. The molecular formula is C10H7ClN2O3. The smallest absolute Gasteiger partial charge is 0.306 e. The highest BCUT2D eigenvalue weighted by Gasteiger charge is 2.16. The van der Waals surface area contributed by atoms with Crippen molar-refractivity contribution in [3.05, 3.63) is 39.5 Å². The molecule has 2 rings (SSSR count). The number of aromatic nitrogens is 1. The number of pyridine rings is 1. The molecule has 0 unspecified atom stereocenters. The van der Waals surface area contributed by atoms with Gasteiger partial charge in [-0.25, -0.2) is 4.98 Å². The van der Waals surface area contributed by atoms with Crippen molar-refractivity contribution < 1.29 is 9.66 Å². The highest BCUT2D eigenvalue weighted by Crippen LogP contribution is 2.32. The zero-order valence-corrected chi connectivity index (χ0v) is 9.06. The molecule has 6 heteroatoms. The lowest BCUT2D eigenvalue weighted by Crippen LogP contribution is -1.92. The number of halogens is 1. The second-order valence-corrected chi connectivity index (χ2v) is 3.48. The van der Waals surface area contributed by atoms with Crippen molar-refractivity contribution in [1.82, 2.24) is 4.98 Å². The summed E-state index contributed by atoms with van der Waals surface area (Å²) >= 11 is 5.91. The Hall–Kier alpha value is -1.88. The van der Waals surface area contributed by atoms with Crippen LogP contribution >= 0.6 is 11.6 Å². The largest absolute Gasteiger partial charge is 0.497 e. The van der Waals surface area contributed by atoms with Crippen molar-refractivity contribution in [3.63, 3.8) is 0 Å². The molecule has 82 valence electrons. The van der Waals surface area contributed by atoms with Gasteiger partial charge in [-0.2, -0.15) is 0 Å². The molecule has 0 bridgehead atoms. The molecule has 5 nitrogen and oxygen atoms in total. The van der Waals surface area contributed by atoms with Gasteiger partial charge < -0.3 is 4.74 Å². The Kier molecular flexibility index (Phi) is 2.62. The van der Waals surface area contributed by atoms with Crippen LogP contribution in [0.3, 0.4) is 0 Å². The molecule has 0 fully saturated rings. The van der Waals surface area contributed by atoms with E-state index in [9.17, 15) is 10.1 Å². The van der Waals surface area contributed by atoms with Gasteiger partial charge in [0.05, 0.1) is 17.5 Å². The standard InChI is InChI=1S/C10H7ClN2O3/c1-16-6-2-3-7-8(4-6)12-5-9(10(7)11)13(14)15/h2-5H,1H3. The molecule has 0 atom stereocenters. The normalized spacial score (nSPS) is 10.4. The fraction of sp³-hybridized carbons (Fsp3) is 0.100. The van der Waals surface area contributed by atoms with Crippen LogP contribution < -0.4 is 4.74 Å². The summed E-state index contributed by atoms with van der Waals surface area (Å²) < 4.78 is 5.02. The van der Waals surface area contributed by atoms with E-state index >= 15 is 0 Å². The lowest BCUT2D eigenvalue weighted by atomic mass is 10.2. The van der Waals surface area contributed by atoms with Crippen LogP contribution in [0.1, 0.15) is 0 Å². The second kappa shape index (κ2) is 3.94. The number of fused-ring (bicyclic) bond motifs is 1. The Morgan fingerprint density at radius 1 is 1.50 bits per heavy atom. The minimum atomic E-state index is -0.557. The van der Waals surface area contributed by atoms with E-state index in [1.165, 1.54) is 7.11 Å². The van der Waals surface area contributed by atoms with E-state index in [0.29, 0.717) is 16.7 Å². The van der Waals surface area contributed by atoms with Crippen LogP contribution in [-0.2, 0) is 0 Å². The van der Waals surface area contributed by atoms with E-state index in [-0.39, 0.29) is 10.7 Å². The number of nitro groups is 1. The van der Waals surface area contributed by atoms with Crippen LogP contribution in [0.4, 0.5) is 5.69 Å². The molecule has 0 radical (unpaired) electrons. The average Bonchev–Trinajstić information content (AvgIpc) is 2.28. The van der Waals surface area contributed by atoms with Crippen LogP contribution in [-0.4, -0.2) is 17.0 Å². The molecule has 2 aromatic rings. The van der Waals surface area contributed by atoms with E-state index in [1.807, 2.05) is 0 Å². The zero-order chi connectivity index (χ0) is 11.7. The predicted octanol–water partition coefficient (Wildman–Crippen LogP) is 2.81. The maximum absolute atomic E-state index is 10.6. The third-order valence-corrected chi connectivity index (χ3v) is 2.59. The first-order chi connectivity index (χ1) is 7.63. The lowest BCUT2D eigenvalue weighted by Gasteiger charge is -2.03. The number of rotatable bonds is 2. The third-order valence-electron chi connectivity index (χ3n) is 2.19. The summed E-state index contributed by atoms with van der Waals surface area (Å²) in [7, 11) is 1.54. The monoisotopic (exact) mass is 238 g/mol. The van der Waals surface area contributed by atoms with E-state index in [4.69, 9.17) is 16.3 Å². The molecule has 0 saturated heterocycles. The second-order valence-electron chi connectivity index (χ2n) is 3.10. The van der Waals surface area contributed by atoms with E-state index in [0.717, 1.165) is 6.20 Å². The number of methoxy groups -OCH3 is 1. The summed E-state index contributed by atoms with van der Waals surface area (Å²) in [6, 6.07) is 5.00. The number of hydrogen-bond acceptors (Lipinski definition) is 4. The van der Waals surface area contributed by atoms with Crippen LogP contribution in [0, 0.1) is 10.1 Å². The summed E-state index contributed by atoms with van der Waals surface area (Å²) in [6.45, 7) is 0. The van der Waals surface area contributed by atoms with Crippen molar-refractivity contribution in [2.45, 2.75) is 0 Å². The lowest BCUT2D eigenvalue weighted by molar-refractivity contribution is -0.384. The van der Waals surface area contributed by atoms with Crippen molar-refractivity contribution >= 4 is 28.2 Å². The Bertz CT molecular complexity index is 571. The summed E-state index contributed by atoms with van der Waals surface area (Å²) in [6.07, 6.45) is 1.14. The third kappa shape index (κ3) is 1.65. The van der Waals surface area contributed by atoms with Crippen LogP contribution in [0.25, 0.3) is 10.9 Å². The Morgan fingerprint density at radius 2 is 2.25 bits per heavy atom. The maximum Gasteiger partial charge on any atom is 0.306 e. The summed E-state index contributed by atoms with van der Waals surface area (Å²) in [5, 5.41) is 11.3. The van der Waals surface area contributed by atoms with Gasteiger partial charge in [0.2, 0.25) is 0 Å². The van der Waals surface area contributed by atoms with Crippen molar-refractivity contribution in [2.24, 2.45) is 0 Å². The molecule has 0 aliphatic rings. The molecular weight excluding hydrogens is 232 g/mol. The first kappa shape index (κ1) is 10.6. The Balaban J connectivity index is 2.71. The van der Waals surface area contributed by atoms with Gasteiger partial charge in [0.15, 0.2) is 0 Å². The number of benzene rings is 1. The average molecular weight is 239 g/mol. The van der Waals surface area contributed by atoms with Crippen molar-refractivity contribution in [1.29, 1.82) is 0 Å². The maximum atomic E-state index is 10.6. The Morgan fingerprint density at radius 3 is 2.88 bits per heavy atom. The topological polar surface area (TPSA) is 65.3 Å². The molecule has 0 aliphatic carbocycles. The molecule has 1 aromatic heterocycles. The van der Waals surface area contributed by atoms with E-state index in [2.05, 4.69) is 4.98 Å². The van der Waals surface area contributed by atoms with Gasteiger partial charge in [-0.1, -0.05) is 11.6 Å². The minimum Gasteiger partial charge on any atom is -0.497 e. The van der Waals surface area contributed by atoms with Gasteiger partial charge >= 0.3 is 5.69 Å². The zero-order valence-electron chi connectivity index (χ0n) is 8.31. The van der Waals surface area contributed by atoms with Gasteiger partial charge in [0, 0.05) is 11.5 Å². The number of hydrogen-bond donors (Lipinski definition) is 0. The van der Waals surface area contributed by atoms with Gasteiger partial charge in [0.25, 0.3) is 0 Å². The minimum absolute atomic E-state index is 0.0950. The first-order valence-electron chi connectivity index (χ1n) is 4.40. The van der Waals surface area contributed by atoms with Gasteiger partial charge in [-0.05, 0) is 12.1 Å².